The Kier molecular flexibility index (Phi) is 17.1. The molecule has 278 valence electrons. The summed E-state index contributed by atoms with van der Waals surface area (Å²) < 4.78 is 0. The van der Waals surface area contributed by atoms with Crippen molar-refractivity contribution >= 4 is 75.0 Å². The van der Waals surface area contributed by atoms with Gasteiger partial charge in [0.1, 0.15) is 23.8 Å². The van der Waals surface area contributed by atoms with Gasteiger partial charge in [-0.3, -0.25) is 38.6 Å². The topological polar surface area (TPSA) is 268 Å². The SMILES string of the molecule is NC(N)=NCCCC[C@@H]1NC(=O)CCSSCCNC(=O)[C@@H]2CCCN2C(=O)/C(=C\c2ccccc2)NC(=O)[C@H](CC(=O)O)NC(=O)CNC1=O. The van der Waals surface area contributed by atoms with Crippen molar-refractivity contribution < 1.29 is 38.7 Å². The summed E-state index contributed by atoms with van der Waals surface area (Å²) in [6.45, 7) is 0.243. The summed E-state index contributed by atoms with van der Waals surface area (Å²) in [5.74, 6) is -4.44. The van der Waals surface area contributed by atoms with Gasteiger partial charge < -0.3 is 48.1 Å². The molecule has 1 aromatic rings. The Morgan fingerprint density at radius 2 is 1.65 bits per heavy atom. The van der Waals surface area contributed by atoms with Crippen LogP contribution in [0, 0.1) is 0 Å². The number of carbonyl (C=O) groups is 7. The number of aliphatic carboxylic acids is 1. The van der Waals surface area contributed by atoms with E-state index in [1.807, 2.05) is 0 Å². The Labute approximate surface area is 303 Å². The first-order valence-corrected chi connectivity index (χ1v) is 19.0. The molecule has 3 rings (SSSR count). The van der Waals surface area contributed by atoms with Crippen molar-refractivity contribution in [1.29, 1.82) is 0 Å². The number of aliphatic imine (C=N–C) groups is 1. The Hall–Kier alpha value is -4.78. The number of unbranched alkanes of at least 4 members (excludes halogenated alkanes) is 1. The highest BCUT2D eigenvalue weighted by molar-refractivity contribution is 8.76. The third-order valence-corrected chi connectivity index (χ3v) is 10.1. The fourth-order valence-corrected chi connectivity index (χ4v) is 7.13. The molecule has 3 atom stereocenters. The average Bonchev–Trinajstić information content (AvgIpc) is 3.58. The number of benzene rings is 1. The number of hydrogen-bond acceptors (Lipinski definition) is 10. The van der Waals surface area contributed by atoms with Gasteiger partial charge in [-0.1, -0.05) is 51.9 Å². The molecular weight excluding hydrogens is 703 g/mol. The van der Waals surface area contributed by atoms with Crippen LogP contribution in [0.2, 0.25) is 0 Å². The molecule has 0 spiro atoms. The van der Waals surface area contributed by atoms with Gasteiger partial charge in [0.15, 0.2) is 5.96 Å². The van der Waals surface area contributed by atoms with Gasteiger partial charge in [-0.05, 0) is 43.7 Å². The van der Waals surface area contributed by atoms with Crippen LogP contribution in [0.15, 0.2) is 41.0 Å². The zero-order valence-corrected chi connectivity index (χ0v) is 29.7. The van der Waals surface area contributed by atoms with Gasteiger partial charge >= 0.3 is 5.97 Å². The Morgan fingerprint density at radius 1 is 0.922 bits per heavy atom. The largest absolute Gasteiger partial charge is 0.481 e. The number of fused-ring (bicyclic) bond motifs is 1. The molecule has 6 amide bonds. The Balaban J connectivity index is 1.85. The number of nitrogens with one attached hydrogen (secondary N) is 5. The molecule has 2 fully saturated rings. The predicted molar refractivity (Wildman–Crippen MR) is 193 cm³/mol. The van der Waals surface area contributed by atoms with Crippen LogP contribution in [0.4, 0.5) is 0 Å². The van der Waals surface area contributed by atoms with Gasteiger partial charge in [0.05, 0.1) is 13.0 Å². The second kappa shape index (κ2) is 21.4. The maximum Gasteiger partial charge on any atom is 0.305 e. The lowest BCUT2D eigenvalue weighted by Crippen LogP contribution is -2.53. The van der Waals surface area contributed by atoms with E-state index in [1.165, 1.54) is 32.6 Å². The number of carboxylic acids is 1. The minimum Gasteiger partial charge on any atom is -0.481 e. The monoisotopic (exact) mass is 747 g/mol. The molecule has 0 unspecified atom stereocenters. The van der Waals surface area contributed by atoms with E-state index in [2.05, 4.69) is 31.6 Å². The Bertz CT molecular complexity index is 1470. The highest BCUT2D eigenvalue weighted by atomic mass is 33.1. The average molecular weight is 748 g/mol. The molecule has 0 radical (unpaired) electrons. The number of carbonyl (C=O) groups excluding carboxylic acids is 6. The molecule has 2 saturated heterocycles. The molecule has 51 heavy (non-hydrogen) atoms. The molecule has 2 aliphatic rings. The maximum absolute atomic E-state index is 13.9. The number of guanidine groups is 1. The van der Waals surface area contributed by atoms with Gasteiger partial charge in [0.2, 0.25) is 29.5 Å². The summed E-state index contributed by atoms with van der Waals surface area (Å²) in [6.07, 6.45) is 2.84. The first-order chi connectivity index (χ1) is 24.4. The van der Waals surface area contributed by atoms with Crippen LogP contribution in [0.1, 0.15) is 50.5 Å². The molecule has 10 N–H and O–H groups in total. The number of nitrogens with zero attached hydrogens (tertiary/aromatic N) is 2. The van der Waals surface area contributed by atoms with Crippen LogP contribution < -0.4 is 38.1 Å². The van der Waals surface area contributed by atoms with E-state index in [-0.39, 0.29) is 42.9 Å². The van der Waals surface area contributed by atoms with Crippen molar-refractivity contribution in [2.24, 2.45) is 16.5 Å². The van der Waals surface area contributed by atoms with Gasteiger partial charge in [-0.25, -0.2) is 0 Å². The van der Waals surface area contributed by atoms with Crippen molar-refractivity contribution in [3.8, 4) is 0 Å². The lowest BCUT2D eigenvalue weighted by Gasteiger charge is -2.26. The molecule has 0 aromatic heterocycles. The molecule has 2 heterocycles. The minimum absolute atomic E-state index is 0.0701. The predicted octanol–water partition coefficient (Wildman–Crippen LogP) is -0.960. The van der Waals surface area contributed by atoms with Crippen molar-refractivity contribution in [2.75, 3.05) is 37.7 Å². The van der Waals surface area contributed by atoms with Crippen LogP contribution in [-0.4, -0.2) is 113 Å². The molecule has 17 nitrogen and oxygen atoms in total. The number of amides is 6. The second-order valence-corrected chi connectivity index (χ2v) is 14.4. The maximum atomic E-state index is 13.9. The first kappa shape index (κ1) is 40.6. The van der Waals surface area contributed by atoms with Gasteiger partial charge in [-0.15, -0.1) is 0 Å². The van der Waals surface area contributed by atoms with E-state index in [4.69, 9.17) is 11.5 Å². The van der Waals surface area contributed by atoms with Crippen LogP contribution in [0.3, 0.4) is 0 Å². The lowest BCUT2D eigenvalue weighted by atomic mass is 10.1. The first-order valence-electron chi connectivity index (χ1n) is 16.5. The van der Waals surface area contributed by atoms with E-state index in [0.717, 1.165) is 0 Å². The Morgan fingerprint density at radius 3 is 2.37 bits per heavy atom. The highest BCUT2D eigenvalue weighted by Crippen LogP contribution is 2.23. The van der Waals surface area contributed by atoms with Crippen LogP contribution in [-0.2, 0) is 33.6 Å². The summed E-state index contributed by atoms with van der Waals surface area (Å²) in [5, 5.41) is 22.3. The molecule has 2 aliphatic heterocycles. The number of carboxylic acid groups (broad SMARTS) is 1. The second-order valence-electron chi connectivity index (χ2n) is 11.7. The molecule has 0 saturated carbocycles. The van der Waals surface area contributed by atoms with Crippen LogP contribution in [0.5, 0.6) is 0 Å². The lowest BCUT2D eigenvalue weighted by molar-refractivity contribution is -0.141. The quantitative estimate of drug-likeness (QED) is 0.0526. The van der Waals surface area contributed by atoms with Crippen LogP contribution >= 0.6 is 21.6 Å². The third kappa shape index (κ3) is 14.5. The van der Waals surface area contributed by atoms with Gasteiger partial charge in [-0.2, -0.15) is 0 Å². The normalized spacial score (nSPS) is 22.9. The summed E-state index contributed by atoms with van der Waals surface area (Å²) in [6, 6.07) is 5.17. The van der Waals surface area contributed by atoms with Crippen molar-refractivity contribution in [3.05, 3.63) is 41.6 Å². The zero-order valence-electron chi connectivity index (χ0n) is 28.1. The molecule has 19 heteroatoms. The van der Waals surface area contributed by atoms with E-state index in [0.29, 0.717) is 55.8 Å². The highest BCUT2D eigenvalue weighted by Gasteiger charge is 2.36. The number of nitrogens with two attached hydrogens (primary N) is 2. The minimum atomic E-state index is -1.64. The summed E-state index contributed by atoms with van der Waals surface area (Å²) in [5.41, 5.74) is 11.0. The fraction of sp³-hybridized carbons (Fsp3) is 0.500. The van der Waals surface area contributed by atoms with Gasteiger partial charge in [0, 0.05) is 37.6 Å². The number of hydrogen-bond donors (Lipinski definition) is 8. The molecular formula is C32H45N9O8S2. The third-order valence-electron chi connectivity index (χ3n) is 7.70. The van der Waals surface area contributed by atoms with Crippen molar-refractivity contribution in [2.45, 2.75) is 63.1 Å². The van der Waals surface area contributed by atoms with Crippen molar-refractivity contribution in [3.63, 3.8) is 0 Å². The fourth-order valence-electron chi connectivity index (χ4n) is 5.23. The zero-order chi connectivity index (χ0) is 37.2. The number of rotatable bonds is 8. The molecule has 1 aromatic carbocycles. The van der Waals surface area contributed by atoms with E-state index in [9.17, 15) is 38.7 Å². The van der Waals surface area contributed by atoms with Gasteiger partial charge in [0.25, 0.3) is 5.91 Å². The van der Waals surface area contributed by atoms with E-state index in [1.54, 1.807) is 30.3 Å². The smallest absolute Gasteiger partial charge is 0.305 e. The standard InChI is InChI=1S/C32H45N9O8S2/c33-32(34)36-12-5-4-9-21-28(46)37-19-26(43)39-22(18-27(44)45)29(47)40-23(17-20-7-2-1-3-8-20)31(49)41-14-6-10-24(41)30(48)35-13-16-51-50-15-11-25(42)38-21/h1-3,7-8,17,21-22,24H,4-6,9-16,18-19H2,(H,35,48)(H,37,46)(H,38,42)(H,39,43)(H,40,47)(H,44,45)(H4,33,34,36)/b23-17+/t21-,22-,24-/m0/s1. The van der Waals surface area contributed by atoms with E-state index >= 15 is 0 Å². The summed E-state index contributed by atoms with van der Waals surface area (Å²) in [7, 11) is 2.88. The van der Waals surface area contributed by atoms with Crippen molar-refractivity contribution in [1.82, 2.24) is 31.5 Å². The summed E-state index contributed by atoms with van der Waals surface area (Å²) in [4.78, 5) is 96.3. The molecule has 0 aliphatic carbocycles. The van der Waals surface area contributed by atoms with Crippen LogP contribution in [0.25, 0.3) is 6.08 Å². The van der Waals surface area contributed by atoms with E-state index < -0.39 is 60.7 Å². The molecule has 0 bridgehead atoms. The summed E-state index contributed by atoms with van der Waals surface area (Å²) >= 11 is 0.